The fourth-order valence-corrected chi connectivity index (χ4v) is 2.11. The second-order valence-electron chi connectivity index (χ2n) is 3.54. The molecule has 0 aliphatic carbocycles. The van der Waals surface area contributed by atoms with Crippen LogP contribution in [0.15, 0.2) is 41.8 Å². The number of carbonyl (C=O) groups excluding carboxylic acids is 1. The Kier molecular flexibility index (Phi) is 5.38. The summed E-state index contributed by atoms with van der Waals surface area (Å²) < 4.78 is 0. The molecule has 1 aromatic carbocycles. The molecule has 0 aromatic heterocycles. The Morgan fingerprint density at radius 3 is 2.67 bits per heavy atom. The van der Waals surface area contributed by atoms with Gasteiger partial charge in [0.2, 0.25) is 5.91 Å². The molecule has 18 heavy (non-hydrogen) atoms. The quantitative estimate of drug-likeness (QED) is 0.371. The number of nitro benzene ring substituents is 1. The second kappa shape index (κ2) is 6.80. The highest BCUT2D eigenvalue weighted by atomic mass is 32.2. The van der Waals surface area contributed by atoms with E-state index in [0.29, 0.717) is 6.54 Å². The van der Waals surface area contributed by atoms with Crippen LogP contribution in [0.1, 0.15) is 6.92 Å². The summed E-state index contributed by atoms with van der Waals surface area (Å²) in [5, 5.41) is 12.9. The fraction of sp³-hybridized carbons (Fsp3) is 0.250. The molecule has 1 rings (SSSR count). The first-order valence-electron chi connectivity index (χ1n) is 5.34. The molecular formula is C12H14N2O3S. The van der Waals surface area contributed by atoms with Crippen LogP contribution >= 0.6 is 11.8 Å². The average molecular weight is 266 g/mol. The van der Waals surface area contributed by atoms with E-state index in [0.717, 1.165) is 4.90 Å². The third-order valence-corrected chi connectivity index (χ3v) is 3.26. The molecule has 0 saturated carbocycles. The molecule has 1 atom stereocenters. The SMILES string of the molecule is C=CCNC(=O)C(C)Sc1ccc([N+](=O)[O-])cc1. The minimum absolute atomic E-state index is 0.0445. The van der Waals surface area contributed by atoms with Crippen LogP contribution < -0.4 is 5.32 Å². The first-order chi connectivity index (χ1) is 8.54. The largest absolute Gasteiger partial charge is 0.352 e. The van der Waals surface area contributed by atoms with Crippen molar-refractivity contribution in [2.24, 2.45) is 0 Å². The molecule has 0 saturated heterocycles. The first-order valence-corrected chi connectivity index (χ1v) is 6.22. The van der Waals surface area contributed by atoms with E-state index in [1.165, 1.54) is 23.9 Å². The van der Waals surface area contributed by atoms with Gasteiger partial charge in [-0.15, -0.1) is 18.3 Å². The highest BCUT2D eigenvalue weighted by Crippen LogP contribution is 2.25. The number of nitro groups is 1. The van der Waals surface area contributed by atoms with Gasteiger partial charge in [-0.1, -0.05) is 6.08 Å². The molecule has 0 aliphatic heterocycles. The minimum atomic E-state index is -0.450. The standard InChI is InChI=1S/C12H14N2O3S/c1-3-8-13-12(15)9(2)18-11-6-4-10(5-7-11)14(16)17/h3-7,9H,1,8H2,2H3,(H,13,15). The zero-order valence-corrected chi connectivity index (χ0v) is 10.8. The Bertz CT molecular complexity index is 445. The van der Waals surface area contributed by atoms with Crippen molar-refractivity contribution >= 4 is 23.4 Å². The van der Waals surface area contributed by atoms with E-state index >= 15 is 0 Å². The van der Waals surface area contributed by atoms with Gasteiger partial charge in [-0.25, -0.2) is 0 Å². The Morgan fingerprint density at radius 1 is 1.56 bits per heavy atom. The van der Waals surface area contributed by atoms with Crippen LogP contribution in [0, 0.1) is 10.1 Å². The number of nitrogens with one attached hydrogen (secondary N) is 1. The molecule has 6 heteroatoms. The van der Waals surface area contributed by atoms with Crippen LogP contribution in [0.5, 0.6) is 0 Å². The summed E-state index contributed by atoms with van der Waals surface area (Å²) in [6, 6.07) is 6.13. The zero-order chi connectivity index (χ0) is 13.5. The van der Waals surface area contributed by atoms with Gasteiger partial charge in [-0.2, -0.15) is 0 Å². The maximum absolute atomic E-state index is 11.6. The Balaban J connectivity index is 2.58. The normalized spacial score (nSPS) is 11.6. The molecule has 0 bridgehead atoms. The second-order valence-corrected chi connectivity index (χ2v) is 4.96. The van der Waals surface area contributed by atoms with Crippen LogP contribution in [0.2, 0.25) is 0 Å². The Hall–Kier alpha value is -1.82. The highest BCUT2D eigenvalue weighted by Gasteiger charge is 2.14. The molecule has 1 amide bonds. The van der Waals surface area contributed by atoms with E-state index in [9.17, 15) is 14.9 Å². The minimum Gasteiger partial charge on any atom is -0.352 e. The fourth-order valence-electron chi connectivity index (χ4n) is 1.22. The van der Waals surface area contributed by atoms with E-state index in [2.05, 4.69) is 11.9 Å². The van der Waals surface area contributed by atoms with Gasteiger partial charge in [0.1, 0.15) is 0 Å². The topological polar surface area (TPSA) is 72.2 Å². The van der Waals surface area contributed by atoms with Gasteiger partial charge in [0.25, 0.3) is 5.69 Å². The third kappa shape index (κ3) is 4.21. The predicted molar refractivity (Wildman–Crippen MR) is 71.6 cm³/mol. The average Bonchev–Trinajstić information content (AvgIpc) is 2.36. The molecule has 0 fully saturated rings. The zero-order valence-electron chi connectivity index (χ0n) is 9.96. The third-order valence-electron chi connectivity index (χ3n) is 2.15. The van der Waals surface area contributed by atoms with Gasteiger partial charge >= 0.3 is 0 Å². The van der Waals surface area contributed by atoms with Crippen molar-refractivity contribution in [3.8, 4) is 0 Å². The Labute approximate surface area is 109 Å². The van der Waals surface area contributed by atoms with Gasteiger partial charge < -0.3 is 5.32 Å². The maximum Gasteiger partial charge on any atom is 0.269 e. The van der Waals surface area contributed by atoms with Crippen molar-refractivity contribution in [3.63, 3.8) is 0 Å². The van der Waals surface area contributed by atoms with Crippen molar-refractivity contribution in [2.45, 2.75) is 17.1 Å². The van der Waals surface area contributed by atoms with Crippen LogP contribution in [0.3, 0.4) is 0 Å². The number of thioether (sulfide) groups is 1. The summed E-state index contributed by atoms with van der Waals surface area (Å²) in [6.45, 7) is 5.73. The molecule has 0 heterocycles. The van der Waals surface area contributed by atoms with Gasteiger partial charge in [-0.3, -0.25) is 14.9 Å². The van der Waals surface area contributed by atoms with Crippen LogP contribution in [-0.4, -0.2) is 22.6 Å². The van der Waals surface area contributed by atoms with Gasteiger partial charge in [0, 0.05) is 23.6 Å². The summed E-state index contributed by atoms with van der Waals surface area (Å²) in [6.07, 6.45) is 1.61. The summed E-state index contributed by atoms with van der Waals surface area (Å²) in [5.41, 5.74) is 0.0445. The molecule has 1 unspecified atom stereocenters. The van der Waals surface area contributed by atoms with E-state index < -0.39 is 4.92 Å². The lowest BCUT2D eigenvalue weighted by atomic mass is 10.3. The predicted octanol–water partition coefficient (Wildman–Crippen LogP) is 2.38. The monoisotopic (exact) mass is 266 g/mol. The van der Waals surface area contributed by atoms with Gasteiger partial charge in [0.15, 0.2) is 0 Å². The van der Waals surface area contributed by atoms with E-state index in [1.807, 2.05) is 0 Å². The lowest BCUT2D eigenvalue weighted by Gasteiger charge is -2.10. The summed E-state index contributed by atoms with van der Waals surface area (Å²) in [5.74, 6) is -0.0850. The van der Waals surface area contributed by atoms with Crippen LogP contribution in [0.25, 0.3) is 0 Å². The highest BCUT2D eigenvalue weighted by molar-refractivity contribution is 8.00. The molecule has 96 valence electrons. The lowest BCUT2D eigenvalue weighted by Crippen LogP contribution is -2.30. The molecule has 0 spiro atoms. The number of rotatable bonds is 6. The lowest BCUT2D eigenvalue weighted by molar-refractivity contribution is -0.384. The van der Waals surface area contributed by atoms with E-state index in [1.54, 1.807) is 25.1 Å². The van der Waals surface area contributed by atoms with Gasteiger partial charge in [0.05, 0.1) is 10.2 Å². The summed E-state index contributed by atoms with van der Waals surface area (Å²) >= 11 is 1.35. The van der Waals surface area contributed by atoms with Crippen LogP contribution in [-0.2, 0) is 4.79 Å². The smallest absolute Gasteiger partial charge is 0.269 e. The molecule has 0 aliphatic rings. The van der Waals surface area contributed by atoms with Crippen molar-refractivity contribution < 1.29 is 9.72 Å². The number of hydrogen-bond acceptors (Lipinski definition) is 4. The molecule has 0 radical (unpaired) electrons. The number of hydrogen-bond donors (Lipinski definition) is 1. The molecule has 1 N–H and O–H groups in total. The van der Waals surface area contributed by atoms with Gasteiger partial charge in [-0.05, 0) is 19.1 Å². The van der Waals surface area contributed by atoms with Crippen molar-refractivity contribution in [2.75, 3.05) is 6.54 Å². The number of carbonyl (C=O) groups is 1. The summed E-state index contributed by atoms with van der Waals surface area (Å²) in [4.78, 5) is 22.5. The Morgan fingerprint density at radius 2 is 2.17 bits per heavy atom. The summed E-state index contributed by atoms with van der Waals surface area (Å²) in [7, 11) is 0. The maximum atomic E-state index is 11.6. The molecular weight excluding hydrogens is 252 g/mol. The van der Waals surface area contributed by atoms with Crippen LogP contribution in [0.4, 0.5) is 5.69 Å². The van der Waals surface area contributed by atoms with E-state index in [-0.39, 0.29) is 16.8 Å². The van der Waals surface area contributed by atoms with Crippen molar-refractivity contribution in [3.05, 3.63) is 47.0 Å². The molecule has 1 aromatic rings. The number of nitrogens with zero attached hydrogens (tertiary/aromatic N) is 1. The van der Waals surface area contributed by atoms with Crippen molar-refractivity contribution in [1.82, 2.24) is 5.32 Å². The number of amides is 1. The first kappa shape index (κ1) is 14.2. The number of non-ortho nitro benzene ring substituents is 1. The van der Waals surface area contributed by atoms with E-state index in [4.69, 9.17) is 0 Å². The number of benzene rings is 1. The van der Waals surface area contributed by atoms with Crippen molar-refractivity contribution in [1.29, 1.82) is 0 Å². The molecule has 5 nitrogen and oxygen atoms in total.